The van der Waals surface area contributed by atoms with Crippen LogP contribution in [0.2, 0.25) is 0 Å². The van der Waals surface area contributed by atoms with Crippen molar-refractivity contribution in [3.63, 3.8) is 0 Å². The standard InChI is InChI=1S/C21H19N3O2/c1-14-7-6-10-17-15(2)19(26-18(14)17)20(25)23-21-22-11-12-24(21)13-16-8-4-3-5-9-16/h3-12H,13H2,1-2H3,(H,22,23,25). The van der Waals surface area contributed by atoms with Crippen molar-refractivity contribution in [3.8, 4) is 0 Å². The molecule has 26 heavy (non-hydrogen) atoms. The summed E-state index contributed by atoms with van der Waals surface area (Å²) in [5.41, 5.74) is 3.73. The van der Waals surface area contributed by atoms with Crippen LogP contribution in [0.25, 0.3) is 11.0 Å². The molecule has 5 nitrogen and oxygen atoms in total. The number of hydrogen-bond donors (Lipinski definition) is 1. The van der Waals surface area contributed by atoms with Crippen molar-refractivity contribution in [1.29, 1.82) is 0 Å². The lowest BCUT2D eigenvalue weighted by Gasteiger charge is -2.08. The van der Waals surface area contributed by atoms with Crippen LogP contribution in [-0.4, -0.2) is 15.5 Å². The highest BCUT2D eigenvalue weighted by Gasteiger charge is 2.20. The van der Waals surface area contributed by atoms with E-state index in [9.17, 15) is 4.79 Å². The van der Waals surface area contributed by atoms with E-state index in [0.717, 1.165) is 27.7 Å². The molecule has 2 aromatic carbocycles. The van der Waals surface area contributed by atoms with E-state index in [0.29, 0.717) is 18.3 Å². The predicted molar refractivity (Wildman–Crippen MR) is 101 cm³/mol. The number of aromatic nitrogens is 2. The van der Waals surface area contributed by atoms with Gasteiger partial charge in [-0.25, -0.2) is 4.98 Å². The van der Waals surface area contributed by atoms with Crippen molar-refractivity contribution >= 4 is 22.8 Å². The number of benzene rings is 2. The molecule has 1 N–H and O–H groups in total. The van der Waals surface area contributed by atoms with Crippen molar-refractivity contribution < 1.29 is 9.21 Å². The van der Waals surface area contributed by atoms with Crippen molar-refractivity contribution in [1.82, 2.24) is 9.55 Å². The van der Waals surface area contributed by atoms with E-state index in [2.05, 4.69) is 10.3 Å². The van der Waals surface area contributed by atoms with E-state index < -0.39 is 0 Å². The molecule has 1 amide bonds. The number of rotatable bonds is 4. The highest BCUT2D eigenvalue weighted by atomic mass is 16.3. The summed E-state index contributed by atoms with van der Waals surface area (Å²) >= 11 is 0. The van der Waals surface area contributed by atoms with Crippen LogP contribution < -0.4 is 5.32 Å². The molecule has 0 aliphatic carbocycles. The van der Waals surface area contributed by atoms with Crippen molar-refractivity contribution in [3.05, 3.63) is 83.4 Å². The minimum absolute atomic E-state index is 0.293. The Balaban J connectivity index is 1.61. The van der Waals surface area contributed by atoms with Crippen molar-refractivity contribution in [2.24, 2.45) is 0 Å². The van der Waals surface area contributed by atoms with Crippen LogP contribution >= 0.6 is 0 Å². The molecule has 4 rings (SSSR count). The van der Waals surface area contributed by atoms with E-state index in [1.54, 1.807) is 6.20 Å². The predicted octanol–water partition coefficient (Wildman–Crippen LogP) is 4.55. The number of hydrogen-bond acceptors (Lipinski definition) is 3. The quantitative estimate of drug-likeness (QED) is 0.590. The van der Waals surface area contributed by atoms with Gasteiger partial charge in [0.2, 0.25) is 5.95 Å². The average molecular weight is 345 g/mol. The fraction of sp³-hybridized carbons (Fsp3) is 0.143. The number of nitrogens with zero attached hydrogens (tertiary/aromatic N) is 2. The second-order valence-electron chi connectivity index (χ2n) is 6.33. The lowest BCUT2D eigenvalue weighted by atomic mass is 10.1. The Morgan fingerprint density at radius 1 is 1.12 bits per heavy atom. The number of nitrogens with one attached hydrogen (secondary N) is 1. The summed E-state index contributed by atoms with van der Waals surface area (Å²) in [6.07, 6.45) is 3.52. The van der Waals surface area contributed by atoms with E-state index in [1.165, 1.54) is 0 Å². The maximum absolute atomic E-state index is 12.8. The van der Waals surface area contributed by atoms with E-state index >= 15 is 0 Å². The van der Waals surface area contributed by atoms with Crippen LogP contribution in [0.5, 0.6) is 0 Å². The molecular formula is C21H19N3O2. The number of carbonyl (C=O) groups excluding carboxylic acids is 1. The van der Waals surface area contributed by atoms with Crippen molar-refractivity contribution in [2.75, 3.05) is 5.32 Å². The molecule has 5 heteroatoms. The number of amides is 1. The Morgan fingerprint density at radius 3 is 2.69 bits per heavy atom. The largest absolute Gasteiger partial charge is 0.450 e. The van der Waals surface area contributed by atoms with Gasteiger partial charge < -0.3 is 8.98 Å². The maximum atomic E-state index is 12.8. The van der Waals surface area contributed by atoms with Crippen molar-refractivity contribution in [2.45, 2.75) is 20.4 Å². The zero-order chi connectivity index (χ0) is 18.1. The summed E-state index contributed by atoms with van der Waals surface area (Å²) < 4.78 is 7.75. The molecule has 0 saturated carbocycles. The Hall–Kier alpha value is -3.34. The lowest BCUT2D eigenvalue weighted by molar-refractivity contribution is 0.0996. The van der Waals surface area contributed by atoms with Crippen LogP contribution in [0.4, 0.5) is 5.95 Å². The summed E-state index contributed by atoms with van der Waals surface area (Å²) in [6, 6.07) is 15.9. The van der Waals surface area contributed by atoms with Crippen LogP contribution in [0.3, 0.4) is 0 Å². The number of furan rings is 1. The first kappa shape index (κ1) is 16.1. The molecule has 2 heterocycles. The second kappa shape index (κ2) is 6.52. The van der Waals surface area contributed by atoms with Crippen LogP contribution in [0.15, 0.2) is 65.3 Å². The van der Waals surface area contributed by atoms with Gasteiger partial charge in [0.15, 0.2) is 5.76 Å². The first-order valence-corrected chi connectivity index (χ1v) is 8.48. The minimum atomic E-state index is -0.293. The summed E-state index contributed by atoms with van der Waals surface area (Å²) in [5, 5.41) is 3.83. The normalized spacial score (nSPS) is 11.0. The van der Waals surface area contributed by atoms with Gasteiger partial charge in [-0.2, -0.15) is 0 Å². The highest BCUT2D eigenvalue weighted by Crippen LogP contribution is 2.28. The van der Waals surface area contributed by atoms with Crippen LogP contribution in [-0.2, 0) is 6.54 Å². The molecule has 4 aromatic rings. The average Bonchev–Trinajstić information content (AvgIpc) is 3.21. The fourth-order valence-electron chi connectivity index (χ4n) is 3.10. The van der Waals surface area contributed by atoms with E-state index in [1.807, 2.05) is 73.1 Å². The molecule has 0 unspecified atom stereocenters. The topological polar surface area (TPSA) is 60.1 Å². The summed E-state index contributed by atoms with van der Waals surface area (Å²) in [4.78, 5) is 17.0. The van der Waals surface area contributed by atoms with E-state index in [-0.39, 0.29) is 5.91 Å². The van der Waals surface area contributed by atoms with Gasteiger partial charge >= 0.3 is 0 Å². The first-order chi connectivity index (χ1) is 12.6. The SMILES string of the molecule is Cc1c(C(=O)Nc2nccn2Cc2ccccc2)oc2c(C)cccc12. The number of para-hydroxylation sites is 1. The van der Waals surface area contributed by atoms with Gasteiger partial charge in [0.25, 0.3) is 5.91 Å². The third-order valence-electron chi connectivity index (χ3n) is 4.50. The molecule has 130 valence electrons. The van der Waals surface area contributed by atoms with Gasteiger partial charge in [0, 0.05) is 23.3 Å². The van der Waals surface area contributed by atoms with Gasteiger partial charge in [0.1, 0.15) is 5.58 Å². The number of imidazole rings is 1. The van der Waals surface area contributed by atoms with Crippen LogP contribution in [0.1, 0.15) is 27.2 Å². The van der Waals surface area contributed by atoms with E-state index in [4.69, 9.17) is 4.42 Å². The Morgan fingerprint density at radius 2 is 1.92 bits per heavy atom. The molecular weight excluding hydrogens is 326 g/mol. The first-order valence-electron chi connectivity index (χ1n) is 8.48. The lowest BCUT2D eigenvalue weighted by Crippen LogP contribution is -2.16. The third kappa shape index (κ3) is 2.88. The zero-order valence-electron chi connectivity index (χ0n) is 14.7. The molecule has 2 aromatic heterocycles. The maximum Gasteiger partial charge on any atom is 0.294 e. The molecule has 0 bridgehead atoms. The van der Waals surface area contributed by atoms with Gasteiger partial charge in [-0.05, 0) is 25.0 Å². The minimum Gasteiger partial charge on any atom is -0.450 e. The van der Waals surface area contributed by atoms with Gasteiger partial charge in [-0.1, -0.05) is 48.5 Å². The number of anilines is 1. The monoisotopic (exact) mass is 345 g/mol. The second-order valence-corrected chi connectivity index (χ2v) is 6.33. The number of carbonyl (C=O) groups is 1. The Bertz CT molecular complexity index is 1080. The zero-order valence-corrected chi connectivity index (χ0v) is 14.7. The molecule has 0 aliphatic heterocycles. The number of aryl methyl sites for hydroxylation is 2. The highest BCUT2D eigenvalue weighted by molar-refractivity contribution is 6.06. The van der Waals surface area contributed by atoms with Gasteiger partial charge in [-0.3, -0.25) is 10.1 Å². The third-order valence-corrected chi connectivity index (χ3v) is 4.50. The smallest absolute Gasteiger partial charge is 0.294 e. The molecule has 0 spiro atoms. The molecule has 0 saturated heterocycles. The molecule has 0 radical (unpaired) electrons. The van der Waals surface area contributed by atoms with Gasteiger partial charge in [0.05, 0.1) is 6.54 Å². The number of fused-ring (bicyclic) bond motifs is 1. The summed E-state index contributed by atoms with van der Waals surface area (Å²) in [5.74, 6) is 0.526. The molecule has 0 aliphatic rings. The van der Waals surface area contributed by atoms with Crippen LogP contribution in [0, 0.1) is 13.8 Å². The Labute approximate surface area is 151 Å². The molecule has 0 fully saturated rings. The summed E-state index contributed by atoms with van der Waals surface area (Å²) in [6.45, 7) is 4.50. The fourth-order valence-corrected chi connectivity index (χ4v) is 3.10. The Kier molecular flexibility index (Phi) is 4.05. The summed E-state index contributed by atoms with van der Waals surface area (Å²) in [7, 11) is 0. The van der Waals surface area contributed by atoms with Gasteiger partial charge in [-0.15, -0.1) is 0 Å². The molecule has 0 atom stereocenters.